The molecule has 1 nitrogen and oxygen atoms in total. The molecule has 0 bridgehead atoms. The Morgan fingerprint density at radius 1 is 0.850 bits per heavy atom. The molecule has 0 aliphatic rings. The molecule has 0 atom stereocenters. The standard InChI is InChI=1S/C19H26O/c1-7-19(5,6)16-10-8-15-13-17(20-18(2,3)4)11-9-14(15)12-16/h8-13H,7H2,1-6H3. The summed E-state index contributed by atoms with van der Waals surface area (Å²) in [5, 5.41) is 2.52. The summed E-state index contributed by atoms with van der Waals surface area (Å²) < 4.78 is 5.93. The van der Waals surface area contributed by atoms with Crippen molar-refractivity contribution in [2.45, 2.75) is 59.0 Å². The van der Waals surface area contributed by atoms with Crippen LogP contribution in [0.5, 0.6) is 5.75 Å². The maximum atomic E-state index is 5.93. The van der Waals surface area contributed by atoms with E-state index in [9.17, 15) is 0 Å². The molecule has 0 heterocycles. The SMILES string of the molecule is CCC(C)(C)c1ccc2cc(OC(C)(C)C)ccc2c1. The number of ether oxygens (including phenoxy) is 1. The quantitative estimate of drug-likeness (QED) is 0.694. The molecule has 0 saturated heterocycles. The van der Waals surface area contributed by atoms with Gasteiger partial charge in [0.25, 0.3) is 0 Å². The second-order valence-electron chi connectivity index (χ2n) is 7.18. The summed E-state index contributed by atoms with van der Waals surface area (Å²) in [7, 11) is 0. The van der Waals surface area contributed by atoms with Crippen molar-refractivity contribution in [3.05, 3.63) is 42.0 Å². The van der Waals surface area contributed by atoms with Crippen LogP contribution in [0.1, 0.15) is 53.5 Å². The maximum absolute atomic E-state index is 5.93. The maximum Gasteiger partial charge on any atom is 0.120 e. The minimum Gasteiger partial charge on any atom is -0.488 e. The number of fused-ring (bicyclic) bond motifs is 1. The fourth-order valence-corrected chi connectivity index (χ4v) is 2.27. The number of hydrogen-bond acceptors (Lipinski definition) is 1. The molecule has 0 aliphatic carbocycles. The number of hydrogen-bond donors (Lipinski definition) is 0. The predicted octanol–water partition coefficient (Wildman–Crippen LogP) is 5.70. The first-order valence-corrected chi connectivity index (χ1v) is 7.44. The Morgan fingerprint density at radius 3 is 2.05 bits per heavy atom. The smallest absolute Gasteiger partial charge is 0.120 e. The van der Waals surface area contributed by atoms with E-state index in [4.69, 9.17) is 4.74 Å². The summed E-state index contributed by atoms with van der Waals surface area (Å²) in [6.07, 6.45) is 1.14. The van der Waals surface area contributed by atoms with Gasteiger partial charge in [-0.15, -0.1) is 0 Å². The van der Waals surface area contributed by atoms with E-state index in [2.05, 4.69) is 77.9 Å². The first-order valence-electron chi connectivity index (χ1n) is 7.44. The minimum atomic E-state index is -0.155. The highest BCUT2D eigenvalue weighted by Gasteiger charge is 2.18. The molecule has 108 valence electrons. The van der Waals surface area contributed by atoms with E-state index in [0.717, 1.165) is 12.2 Å². The normalized spacial score (nSPS) is 12.7. The predicted molar refractivity (Wildman–Crippen MR) is 87.6 cm³/mol. The third kappa shape index (κ3) is 3.33. The van der Waals surface area contributed by atoms with Gasteiger partial charge in [-0.3, -0.25) is 0 Å². The molecule has 0 aliphatic heterocycles. The van der Waals surface area contributed by atoms with E-state index in [1.807, 2.05) is 0 Å². The van der Waals surface area contributed by atoms with Crippen molar-refractivity contribution in [3.8, 4) is 5.75 Å². The Hall–Kier alpha value is -1.50. The van der Waals surface area contributed by atoms with E-state index in [0.29, 0.717) is 0 Å². The molecule has 0 saturated carbocycles. The van der Waals surface area contributed by atoms with Crippen LogP contribution >= 0.6 is 0 Å². The molecule has 1 heteroatoms. The van der Waals surface area contributed by atoms with Crippen LogP contribution in [0.4, 0.5) is 0 Å². The van der Waals surface area contributed by atoms with Crippen molar-refractivity contribution < 1.29 is 4.74 Å². The topological polar surface area (TPSA) is 9.23 Å². The molecule has 0 unspecified atom stereocenters. The van der Waals surface area contributed by atoms with Gasteiger partial charge in [-0.25, -0.2) is 0 Å². The van der Waals surface area contributed by atoms with Crippen LogP contribution < -0.4 is 4.74 Å². The Labute approximate surface area is 123 Å². The van der Waals surface area contributed by atoms with Gasteiger partial charge < -0.3 is 4.74 Å². The monoisotopic (exact) mass is 270 g/mol. The van der Waals surface area contributed by atoms with Gasteiger partial charge in [0.1, 0.15) is 11.4 Å². The number of rotatable bonds is 3. The van der Waals surface area contributed by atoms with Crippen molar-refractivity contribution in [1.29, 1.82) is 0 Å². The second kappa shape index (κ2) is 5.12. The molecule has 20 heavy (non-hydrogen) atoms. The zero-order valence-electron chi connectivity index (χ0n) is 13.6. The van der Waals surface area contributed by atoms with Gasteiger partial charge in [0.2, 0.25) is 0 Å². The molecular formula is C19H26O. The van der Waals surface area contributed by atoms with E-state index >= 15 is 0 Å². The summed E-state index contributed by atoms with van der Waals surface area (Å²) in [4.78, 5) is 0. The first-order chi connectivity index (χ1) is 9.21. The highest BCUT2D eigenvalue weighted by Crippen LogP contribution is 2.31. The van der Waals surface area contributed by atoms with Gasteiger partial charge in [-0.2, -0.15) is 0 Å². The van der Waals surface area contributed by atoms with Crippen LogP contribution in [0.25, 0.3) is 10.8 Å². The van der Waals surface area contributed by atoms with Gasteiger partial charge in [-0.05, 0) is 61.1 Å². The van der Waals surface area contributed by atoms with Crippen molar-refractivity contribution in [2.24, 2.45) is 0 Å². The van der Waals surface area contributed by atoms with Crippen molar-refractivity contribution in [2.75, 3.05) is 0 Å². The van der Waals surface area contributed by atoms with Gasteiger partial charge >= 0.3 is 0 Å². The van der Waals surface area contributed by atoms with E-state index in [1.54, 1.807) is 0 Å². The summed E-state index contributed by atoms with van der Waals surface area (Å²) in [6.45, 7) is 13.1. The van der Waals surface area contributed by atoms with Crippen LogP contribution in [0, 0.1) is 0 Å². The Kier molecular flexibility index (Phi) is 3.82. The van der Waals surface area contributed by atoms with Crippen LogP contribution in [0.3, 0.4) is 0 Å². The first kappa shape index (κ1) is 14.9. The lowest BCUT2D eigenvalue weighted by Gasteiger charge is -2.24. The fourth-order valence-electron chi connectivity index (χ4n) is 2.27. The lowest BCUT2D eigenvalue weighted by atomic mass is 9.81. The van der Waals surface area contributed by atoms with Crippen LogP contribution in [0.15, 0.2) is 36.4 Å². The van der Waals surface area contributed by atoms with Gasteiger partial charge in [-0.1, -0.05) is 45.0 Å². The van der Waals surface area contributed by atoms with Crippen LogP contribution in [-0.4, -0.2) is 5.60 Å². The average Bonchev–Trinajstić information content (AvgIpc) is 2.36. The largest absolute Gasteiger partial charge is 0.488 e. The number of benzene rings is 2. The molecule has 0 radical (unpaired) electrons. The minimum absolute atomic E-state index is 0.155. The average molecular weight is 270 g/mol. The Bertz CT molecular complexity index is 603. The van der Waals surface area contributed by atoms with E-state index in [1.165, 1.54) is 16.3 Å². The Balaban J connectivity index is 2.40. The highest BCUT2D eigenvalue weighted by molar-refractivity contribution is 5.84. The summed E-state index contributed by atoms with van der Waals surface area (Å²) in [5.74, 6) is 0.938. The summed E-state index contributed by atoms with van der Waals surface area (Å²) >= 11 is 0. The lowest BCUT2D eigenvalue weighted by molar-refractivity contribution is 0.131. The van der Waals surface area contributed by atoms with Gasteiger partial charge in [0.05, 0.1) is 0 Å². The second-order valence-corrected chi connectivity index (χ2v) is 7.18. The third-order valence-electron chi connectivity index (χ3n) is 3.90. The summed E-state index contributed by atoms with van der Waals surface area (Å²) in [6, 6.07) is 13.1. The molecule has 2 aromatic carbocycles. The molecule has 0 fully saturated rings. The molecule has 0 spiro atoms. The molecule has 2 aromatic rings. The Morgan fingerprint density at radius 2 is 1.45 bits per heavy atom. The van der Waals surface area contributed by atoms with E-state index < -0.39 is 0 Å². The molecule has 0 aromatic heterocycles. The highest BCUT2D eigenvalue weighted by atomic mass is 16.5. The molecule has 0 amide bonds. The zero-order chi connectivity index (χ0) is 15.0. The molecular weight excluding hydrogens is 244 g/mol. The van der Waals surface area contributed by atoms with Gasteiger partial charge in [0, 0.05) is 0 Å². The molecule has 2 rings (SSSR count). The van der Waals surface area contributed by atoms with Gasteiger partial charge in [0.15, 0.2) is 0 Å². The van der Waals surface area contributed by atoms with E-state index in [-0.39, 0.29) is 11.0 Å². The van der Waals surface area contributed by atoms with Crippen molar-refractivity contribution in [3.63, 3.8) is 0 Å². The fraction of sp³-hybridized carbons (Fsp3) is 0.474. The van der Waals surface area contributed by atoms with Crippen LogP contribution in [0.2, 0.25) is 0 Å². The summed E-state index contributed by atoms with van der Waals surface area (Å²) in [5.41, 5.74) is 1.48. The molecule has 0 N–H and O–H groups in total. The van der Waals surface area contributed by atoms with Crippen molar-refractivity contribution >= 4 is 10.8 Å². The van der Waals surface area contributed by atoms with Crippen LogP contribution in [-0.2, 0) is 5.41 Å². The lowest BCUT2D eigenvalue weighted by Crippen LogP contribution is -2.22. The zero-order valence-corrected chi connectivity index (χ0v) is 13.6. The third-order valence-corrected chi connectivity index (χ3v) is 3.90. The van der Waals surface area contributed by atoms with Crippen molar-refractivity contribution in [1.82, 2.24) is 0 Å².